The van der Waals surface area contributed by atoms with E-state index in [1.807, 2.05) is 24.3 Å². The molecule has 0 saturated heterocycles. The molecular formula is C19H20ClN3O4. The van der Waals surface area contributed by atoms with Crippen LogP contribution in [0.4, 0.5) is 5.69 Å². The van der Waals surface area contributed by atoms with E-state index in [4.69, 9.17) is 21.1 Å². The fourth-order valence-corrected chi connectivity index (χ4v) is 3.20. The molecule has 0 bridgehead atoms. The van der Waals surface area contributed by atoms with Crippen LogP contribution in [0.25, 0.3) is 11.0 Å². The van der Waals surface area contributed by atoms with Crippen molar-refractivity contribution in [1.82, 2.24) is 9.13 Å². The Bertz CT molecular complexity index is 1060. The van der Waals surface area contributed by atoms with E-state index >= 15 is 0 Å². The molecule has 8 heteroatoms. The zero-order chi connectivity index (χ0) is 19.6. The molecule has 3 rings (SSSR count). The average molecular weight is 390 g/mol. The predicted molar refractivity (Wildman–Crippen MR) is 105 cm³/mol. The van der Waals surface area contributed by atoms with Crippen LogP contribution >= 0.6 is 11.6 Å². The van der Waals surface area contributed by atoms with Crippen molar-refractivity contribution in [3.8, 4) is 11.5 Å². The number of methoxy groups -OCH3 is 2. The fraction of sp³-hybridized carbons (Fsp3) is 0.263. The summed E-state index contributed by atoms with van der Waals surface area (Å²) in [5.41, 5.74) is 1.90. The van der Waals surface area contributed by atoms with Crippen molar-refractivity contribution in [1.29, 1.82) is 0 Å². The predicted octanol–water partition coefficient (Wildman–Crippen LogP) is 3.04. The monoisotopic (exact) mass is 389 g/mol. The van der Waals surface area contributed by atoms with Gasteiger partial charge in [0.1, 0.15) is 11.5 Å². The van der Waals surface area contributed by atoms with Crippen molar-refractivity contribution in [2.24, 2.45) is 7.05 Å². The Balaban J connectivity index is 1.77. The number of aryl methyl sites for hydroxylation is 2. The van der Waals surface area contributed by atoms with E-state index in [1.54, 1.807) is 28.3 Å². The maximum absolute atomic E-state index is 12.4. The lowest BCUT2D eigenvalue weighted by Gasteiger charge is -2.13. The van der Waals surface area contributed by atoms with Gasteiger partial charge in [0.2, 0.25) is 5.91 Å². The summed E-state index contributed by atoms with van der Waals surface area (Å²) in [7, 11) is 4.71. The van der Waals surface area contributed by atoms with Gasteiger partial charge in [-0.3, -0.25) is 13.9 Å². The number of carbonyl (C=O) groups excluding carboxylic acids is 1. The van der Waals surface area contributed by atoms with Gasteiger partial charge >= 0.3 is 5.69 Å². The summed E-state index contributed by atoms with van der Waals surface area (Å²) >= 11 is 6.12. The van der Waals surface area contributed by atoms with E-state index in [2.05, 4.69) is 5.32 Å². The maximum atomic E-state index is 12.4. The summed E-state index contributed by atoms with van der Waals surface area (Å²) in [5.74, 6) is 0.634. The first-order valence-corrected chi connectivity index (χ1v) is 8.69. The molecule has 0 atom stereocenters. The van der Waals surface area contributed by atoms with E-state index < -0.39 is 0 Å². The molecule has 142 valence electrons. The number of nitrogens with zero attached hydrogens (tertiary/aromatic N) is 2. The van der Waals surface area contributed by atoms with Crippen molar-refractivity contribution < 1.29 is 14.3 Å². The van der Waals surface area contributed by atoms with Gasteiger partial charge in [-0.25, -0.2) is 4.79 Å². The van der Waals surface area contributed by atoms with Crippen LogP contribution in [0.15, 0.2) is 41.2 Å². The smallest absolute Gasteiger partial charge is 0.328 e. The van der Waals surface area contributed by atoms with Crippen LogP contribution in [0.5, 0.6) is 11.5 Å². The van der Waals surface area contributed by atoms with Gasteiger partial charge in [-0.2, -0.15) is 0 Å². The largest absolute Gasteiger partial charge is 0.495 e. The van der Waals surface area contributed by atoms with Gasteiger partial charge in [0.05, 0.1) is 36.0 Å². The molecule has 3 aromatic rings. The van der Waals surface area contributed by atoms with E-state index in [1.165, 1.54) is 14.2 Å². The zero-order valence-corrected chi connectivity index (χ0v) is 16.0. The van der Waals surface area contributed by atoms with Crippen molar-refractivity contribution in [2.45, 2.75) is 13.0 Å². The topological polar surface area (TPSA) is 74.5 Å². The van der Waals surface area contributed by atoms with E-state index in [0.29, 0.717) is 22.2 Å². The molecule has 1 amide bonds. The zero-order valence-electron chi connectivity index (χ0n) is 15.3. The van der Waals surface area contributed by atoms with Gasteiger partial charge in [0, 0.05) is 26.1 Å². The van der Waals surface area contributed by atoms with E-state index in [-0.39, 0.29) is 24.6 Å². The number of carbonyl (C=O) groups is 1. The molecule has 0 aliphatic rings. The first kappa shape index (κ1) is 18.8. The highest BCUT2D eigenvalue weighted by Crippen LogP contribution is 2.35. The van der Waals surface area contributed by atoms with E-state index in [9.17, 15) is 9.59 Å². The number of ether oxygens (including phenoxy) is 2. The summed E-state index contributed by atoms with van der Waals surface area (Å²) < 4.78 is 13.6. The van der Waals surface area contributed by atoms with Crippen LogP contribution in [-0.4, -0.2) is 29.3 Å². The third kappa shape index (κ3) is 3.64. The van der Waals surface area contributed by atoms with Crippen LogP contribution in [0.3, 0.4) is 0 Å². The number of fused-ring (bicyclic) bond motifs is 1. The van der Waals surface area contributed by atoms with Crippen LogP contribution in [0.1, 0.15) is 6.42 Å². The highest BCUT2D eigenvalue weighted by molar-refractivity contribution is 6.32. The maximum Gasteiger partial charge on any atom is 0.328 e. The van der Waals surface area contributed by atoms with Gasteiger partial charge in [0.15, 0.2) is 0 Å². The molecule has 1 heterocycles. The normalized spacial score (nSPS) is 10.8. The second-order valence-corrected chi connectivity index (χ2v) is 6.37. The number of aromatic nitrogens is 2. The summed E-state index contributed by atoms with van der Waals surface area (Å²) in [6.07, 6.45) is 0.126. The Morgan fingerprint density at radius 3 is 2.44 bits per heavy atom. The first-order valence-electron chi connectivity index (χ1n) is 8.32. The molecular weight excluding hydrogens is 370 g/mol. The highest BCUT2D eigenvalue weighted by Gasteiger charge is 2.14. The number of imidazole rings is 1. The number of anilines is 1. The summed E-state index contributed by atoms with van der Waals surface area (Å²) in [6, 6.07) is 10.6. The molecule has 0 fully saturated rings. The quantitative estimate of drug-likeness (QED) is 0.703. The van der Waals surface area contributed by atoms with Crippen LogP contribution in [-0.2, 0) is 18.4 Å². The summed E-state index contributed by atoms with van der Waals surface area (Å²) in [6.45, 7) is 0.262. The first-order chi connectivity index (χ1) is 13.0. The Labute approximate surface area is 161 Å². The van der Waals surface area contributed by atoms with Crippen molar-refractivity contribution in [3.05, 3.63) is 51.9 Å². The number of amides is 1. The molecule has 27 heavy (non-hydrogen) atoms. The summed E-state index contributed by atoms with van der Waals surface area (Å²) in [4.78, 5) is 24.8. The molecule has 1 N–H and O–H groups in total. The van der Waals surface area contributed by atoms with Crippen molar-refractivity contribution in [3.63, 3.8) is 0 Å². The third-order valence-corrected chi connectivity index (χ3v) is 4.66. The highest BCUT2D eigenvalue weighted by atomic mass is 35.5. The SMILES string of the molecule is COc1cc(OC)c(NC(=O)CCn2c(=O)n(C)c3ccccc32)cc1Cl. The molecule has 0 spiro atoms. The minimum atomic E-state index is -0.255. The number of benzene rings is 2. The van der Waals surface area contributed by atoms with Gasteiger partial charge in [-0.15, -0.1) is 0 Å². The number of nitrogens with one attached hydrogen (secondary N) is 1. The molecule has 0 radical (unpaired) electrons. The Morgan fingerprint density at radius 2 is 1.78 bits per heavy atom. The lowest BCUT2D eigenvalue weighted by Crippen LogP contribution is -2.24. The number of rotatable bonds is 6. The lowest BCUT2D eigenvalue weighted by atomic mass is 10.2. The number of hydrogen-bond donors (Lipinski definition) is 1. The van der Waals surface area contributed by atoms with Gasteiger partial charge < -0.3 is 14.8 Å². The standard InChI is InChI=1S/C19H20ClN3O4/c1-22-14-6-4-5-7-15(14)23(19(22)25)9-8-18(24)21-13-10-12(20)16(26-2)11-17(13)27-3/h4-7,10-11H,8-9H2,1-3H3,(H,21,24). The third-order valence-electron chi connectivity index (χ3n) is 4.36. The second-order valence-electron chi connectivity index (χ2n) is 5.97. The minimum Gasteiger partial charge on any atom is -0.495 e. The van der Waals surface area contributed by atoms with Gasteiger partial charge in [0.25, 0.3) is 0 Å². The molecule has 0 aliphatic carbocycles. The fourth-order valence-electron chi connectivity index (χ4n) is 2.96. The molecule has 0 unspecified atom stereocenters. The number of para-hydroxylation sites is 2. The number of hydrogen-bond acceptors (Lipinski definition) is 4. The summed E-state index contributed by atoms with van der Waals surface area (Å²) in [5, 5.41) is 3.13. The van der Waals surface area contributed by atoms with Crippen molar-refractivity contribution >= 4 is 34.2 Å². The Kier molecular flexibility index (Phi) is 5.41. The molecule has 1 aromatic heterocycles. The van der Waals surface area contributed by atoms with Crippen molar-refractivity contribution in [2.75, 3.05) is 19.5 Å². The average Bonchev–Trinajstić information content (AvgIpc) is 2.91. The Morgan fingerprint density at radius 1 is 1.11 bits per heavy atom. The molecule has 7 nitrogen and oxygen atoms in total. The Hall–Kier alpha value is -2.93. The van der Waals surface area contributed by atoms with Gasteiger partial charge in [-0.1, -0.05) is 23.7 Å². The molecule has 2 aromatic carbocycles. The molecule has 0 saturated carbocycles. The van der Waals surface area contributed by atoms with Crippen LogP contribution in [0, 0.1) is 0 Å². The van der Waals surface area contributed by atoms with Crippen LogP contribution < -0.4 is 20.5 Å². The van der Waals surface area contributed by atoms with Gasteiger partial charge in [-0.05, 0) is 18.2 Å². The number of halogens is 1. The lowest BCUT2D eigenvalue weighted by molar-refractivity contribution is -0.116. The molecule has 0 aliphatic heterocycles. The second kappa shape index (κ2) is 7.75. The van der Waals surface area contributed by atoms with E-state index in [0.717, 1.165) is 11.0 Å². The van der Waals surface area contributed by atoms with Crippen LogP contribution in [0.2, 0.25) is 5.02 Å². The minimum absolute atomic E-state index is 0.126.